The van der Waals surface area contributed by atoms with E-state index in [4.69, 9.17) is 5.73 Å². The first-order valence-electron chi connectivity index (χ1n) is 10.5. The summed E-state index contributed by atoms with van der Waals surface area (Å²) >= 11 is 0. The van der Waals surface area contributed by atoms with Gasteiger partial charge in [-0.25, -0.2) is 14.8 Å². The first-order valence-corrected chi connectivity index (χ1v) is 10.5. The number of carbonyl (C=O) groups excluding carboxylic acids is 2. The van der Waals surface area contributed by atoms with E-state index in [1.54, 1.807) is 25.1 Å². The maximum atomic E-state index is 12.5. The van der Waals surface area contributed by atoms with E-state index >= 15 is 0 Å². The second kappa shape index (κ2) is 9.45. The van der Waals surface area contributed by atoms with Crippen LogP contribution in [0.3, 0.4) is 0 Å². The number of hydrogen-bond acceptors (Lipinski definition) is 6. The van der Waals surface area contributed by atoms with Crippen LogP contribution in [0.25, 0.3) is 22.6 Å². The van der Waals surface area contributed by atoms with Gasteiger partial charge in [0.1, 0.15) is 17.9 Å². The number of halogens is 3. The van der Waals surface area contributed by atoms with Crippen LogP contribution >= 0.6 is 0 Å². The number of H-pyrrole nitrogens is 1. The van der Waals surface area contributed by atoms with E-state index in [0.29, 0.717) is 45.9 Å². The molecule has 2 aromatic heterocycles. The summed E-state index contributed by atoms with van der Waals surface area (Å²) in [4.78, 5) is 35.3. The third kappa shape index (κ3) is 4.93. The van der Waals surface area contributed by atoms with Crippen molar-refractivity contribution in [2.24, 2.45) is 5.73 Å². The quantitative estimate of drug-likeness (QED) is 0.329. The fourth-order valence-electron chi connectivity index (χ4n) is 3.66. The van der Waals surface area contributed by atoms with Crippen LogP contribution in [0, 0.1) is 0 Å². The van der Waals surface area contributed by atoms with Crippen LogP contribution in [-0.2, 0) is 22.6 Å². The Morgan fingerprint density at radius 2 is 1.86 bits per heavy atom. The summed E-state index contributed by atoms with van der Waals surface area (Å²) in [6.45, 7) is 1.24. The molecule has 35 heavy (non-hydrogen) atoms. The van der Waals surface area contributed by atoms with E-state index in [1.165, 1.54) is 6.20 Å². The van der Waals surface area contributed by atoms with E-state index in [1.807, 2.05) is 30.3 Å². The molecule has 0 saturated carbocycles. The standard InChI is InChI=1S/C24H20F3N5O3/c1-2-15-14(12-35-23(34)24(25,26)27)9-6-10-17(15)30-18-16(20(28)33)11-29-22-19(18)31-21(32-22)13-7-4-3-5-8-13/h3-11H,2,12H2,1H3,(H2,28,33)(H2,29,30,31,32). The minimum absolute atomic E-state index is 0.0829. The van der Waals surface area contributed by atoms with E-state index in [2.05, 4.69) is 25.0 Å². The molecule has 0 spiro atoms. The molecule has 0 aliphatic heterocycles. The topological polar surface area (TPSA) is 123 Å². The number of amides is 1. The molecule has 0 aliphatic carbocycles. The molecule has 2 aromatic carbocycles. The summed E-state index contributed by atoms with van der Waals surface area (Å²) < 4.78 is 42.1. The molecule has 0 saturated heterocycles. The number of ether oxygens (including phenoxy) is 1. The number of benzene rings is 2. The van der Waals surface area contributed by atoms with Gasteiger partial charge in [0.25, 0.3) is 5.91 Å². The number of hydrogen-bond donors (Lipinski definition) is 3. The van der Waals surface area contributed by atoms with Gasteiger partial charge < -0.3 is 20.8 Å². The van der Waals surface area contributed by atoms with Gasteiger partial charge in [0.15, 0.2) is 5.65 Å². The molecule has 4 rings (SSSR count). The molecule has 4 aromatic rings. The maximum absolute atomic E-state index is 12.5. The largest absolute Gasteiger partial charge is 0.490 e. The number of esters is 1. The zero-order valence-electron chi connectivity index (χ0n) is 18.4. The van der Waals surface area contributed by atoms with Crippen LogP contribution in [-0.4, -0.2) is 33.0 Å². The monoisotopic (exact) mass is 483 g/mol. The molecule has 0 atom stereocenters. The molecule has 11 heteroatoms. The summed E-state index contributed by atoms with van der Waals surface area (Å²) in [5.74, 6) is -2.48. The Morgan fingerprint density at radius 3 is 2.51 bits per heavy atom. The number of anilines is 2. The average molecular weight is 483 g/mol. The Labute approximate surface area is 197 Å². The Morgan fingerprint density at radius 1 is 1.11 bits per heavy atom. The number of fused-ring (bicyclic) bond motifs is 1. The molecular weight excluding hydrogens is 463 g/mol. The number of aromatic nitrogens is 3. The molecule has 8 nitrogen and oxygen atoms in total. The highest BCUT2D eigenvalue weighted by Crippen LogP contribution is 2.32. The number of nitrogens with one attached hydrogen (secondary N) is 2. The molecule has 0 aliphatic rings. The van der Waals surface area contributed by atoms with Crippen molar-refractivity contribution in [1.82, 2.24) is 15.0 Å². The second-order valence-corrected chi connectivity index (χ2v) is 7.56. The van der Waals surface area contributed by atoms with Crippen LogP contribution in [0.2, 0.25) is 0 Å². The summed E-state index contributed by atoms with van der Waals surface area (Å²) in [5.41, 5.74) is 9.00. The third-order valence-electron chi connectivity index (χ3n) is 5.30. The predicted molar refractivity (Wildman–Crippen MR) is 123 cm³/mol. The summed E-state index contributed by atoms with van der Waals surface area (Å²) in [6.07, 6.45) is -3.36. The maximum Gasteiger partial charge on any atom is 0.490 e. The molecular formula is C24H20F3N5O3. The van der Waals surface area contributed by atoms with Crippen molar-refractivity contribution < 1.29 is 27.5 Å². The number of nitrogens with zero attached hydrogens (tertiary/aromatic N) is 2. The van der Waals surface area contributed by atoms with Gasteiger partial charge in [-0.15, -0.1) is 0 Å². The molecule has 0 fully saturated rings. The van der Waals surface area contributed by atoms with Crippen LogP contribution in [0.1, 0.15) is 28.4 Å². The first kappa shape index (κ1) is 23.7. The van der Waals surface area contributed by atoms with Crippen molar-refractivity contribution in [2.75, 3.05) is 5.32 Å². The second-order valence-electron chi connectivity index (χ2n) is 7.56. The lowest BCUT2D eigenvalue weighted by atomic mass is 10.0. The zero-order valence-corrected chi connectivity index (χ0v) is 18.4. The average Bonchev–Trinajstić information content (AvgIpc) is 3.27. The number of rotatable bonds is 7. The minimum atomic E-state index is -5.09. The molecule has 1 amide bonds. The van der Waals surface area contributed by atoms with E-state index in [9.17, 15) is 22.8 Å². The van der Waals surface area contributed by atoms with Crippen molar-refractivity contribution in [2.45, 2.75) is 26.1 Å². The highest BCUT2D eigenvalue weighted by molar-refractivity contribution is 6.06. The zero-order chi connectivity index (χ0) is 25.2. The highest BCUT2D eigenvalue weighted by atomic mass is 19.4. The van der Waals surface area contributed by atoms with Crippen LogP contribution in [0.15, 0.2) is 54.7 Å². The Hall–Kier alpha value is -4.41. The Kier molecular flexibility index (Phi) is 6.41. The van der Waals surface area contributed by atoms with Gasteiger partial charge >= 0.3 is 12.1 Å². The molecule has 2 heterocycles. The number of primary amides is 1. The van der Waals surface area contributed by atoms with Gasteiger partial charge in [0, 0.05) is 17.4 Å². The van der Waals surface area contributed by atoms with Gasteiger partial charge in [-0.05, 0) is 23.6 Å². The fraction of sp³-hybridized carbons (Fsp3) is 0.167. The fourth-order valence-corrected chi connectivity index (χ4v) is 3.66. The lowest BCUT2D eigenvalue weighted by Gasteiger charge is -2.17. The SMILES string of the molecule is CCc1c(COC(=O)C(F)(F)F)cccc1Nc1c(C(N)=O)cnc2[nH]c(-c3ccccc3)nc12. The highest BCUT2D eigenvalue weighted by Gasteiger charge is 2.41. The Bertz CT molecular complexity index is 1400. The molecule has 0 radical (unpaired) electrons. The number of alkyl halides is 3. The van der Waals surface area contributed by atoms with Crippen molar-refractivity contribution in [3.63, 3.8) is 0 Å². The van der Waals surface area contributed by atoms with Gasteiger partial charge in [0.2, 0.25) is 0 Å². The predicted octanol–water partition coefficient (Wildman–Crippen LogP) is 4.64. The molecule has 0 bridgehead atoms. The first-order chi connectivity index (χ1) is 16.7. The third-order valence-corrected chi connectivity index (χ3v) is 5.30. The Balaban J connectivity index is 1.75. The van der Waals surface area contributed by atoms with Crippen molar-refractivity contribution in [3.05, 3.63) is 71.4 Å². The van der Waals surface area contributed by atoms with Crippen molar-refractivity contribution in [1.29, 1.82) is 0 Å². The number of imidazole rings is 1. The van der Waals surface area contributed by atoms with E-state index in [0.717, 1.165) is 5.56 Å². The van der Waals surface area contributed by atoms with Crippen molar-refractivity contribution in [3.8, 4) is 11.4 Å². The number of aromatic amines is 1. The van der Waals surface area contributed by atoms with Gasteiger partial charge in [-0.1, -0.05) is 49.4 Å². The van der Waals surface area contributed by atoms with Crippen LogP contribution in [0.5, 0.6) is 0 Å². The summed E-state index contributed by atoms with van der Waals surface area (Å²) in [6, 6.07) is 14.2. The molecule has 180 valence electrons. The smallest absolute Gasteiger partial charge is 0.454 e. The minimum Gasteiger partial charge on any atom is -0.454 e. The van der Waals surface area contributed by atoms with E-state index in [-0.39, 0.29) is 5.56 Å². The van der Waals surface area contributed by atoms with Crippen molar-refractivity contribution >= 4 is 34.4 Å². The van der Waals surface area contributed by atoms with Gasteiger partial charge in [-0.2, -0.15) is 13.2 Å². The normalized spacial score (nSPS) is 11.4. The number of nitrogens with two attached hydrogens (primary N) is 1. The van der Waals surface area contributed by atoms with Gasteiger partial charge in [-0.3, -0.25) is 4.79 Å². The molecule has 4 N–H and O–H groups in total. The van der Waals surface area contributed by atoms with Crippen LogP contribution < -0.4 is 11.1 Å². The summed E-state index contributed by atoms with van der Waals surface area (Å²) in [7, 11) is 0. The van der Waals surface area contributed by atoms with Gasteiger partial charge in [0.05, 0.1) is 11.3 Å². The summed E-state index contributed by atoms with van der Waals surface area (Å²) in [5, 5.41) is 3.15. The number of pyridine rings is 1. The molecule has 0 unspecified atom stereocenters. The lowest BCUT2D eigenvalue weighted by molar-refractivity contribution is -0.201. The van der Waals surface area contributed by atoms with Crippen LogP contribution in [0.4, 0.5) is 24.5 Å². The van der Waals surface area contributed by atoms with E-state index < -0.39 is 24.7 Å². The number of carbonyl (C=O) groups is 2. The lowest BCUT2D eigenvalue weighted by Crippen LogP contribution is -2.25.